The van der Waals surface area contributed by atoms with E-state index in [4.69, 9.17) is 0 Å². The molecule has 0 saturated carbocycles. The lowest BCUT2D eigenvalue weighted by atomic mass is 9.74. The molecular weight excluding hydrogens is 198 g/mol. The molecule has 1 atom stereocenters. The van der Waals surface area contributed by atoms with Crippen LogP contribution in [0.15, 0.2) is 24.3 Å². The van der Waals surface area contributed by atoms with Gasteiger partial charge < -0.3 is 10.4 Å². The molecule has 0 radical (unpaired) electrons. The minimum absolute atomic E-state index is 0.298. The average Bonchev–Trinajstić information content (AvgIpc) is 2.66. The number of rotatable bonds is 1. The predicted octanol–water partition coefficient (Wildman–Crippen LogP) is 1.79. The van der Waals surface area contributed by atoms with Crippen molar-refractivity contribution in [3.05, 3.63) is 35.4 Å². The zero-order valence-electron chi connectivity index (χ0n) is 9.58. The van der Waals surface area contributed by atoms with Crippen LogP contribution in [-0.4, -0.2) is 24.8 Å². The van der Waals surface area contributed by atoms with Crippen molar-refractivity contribution in [2.45, 2.75) is 30.6 Å². The third-order valence-corrected chi connectivity index (χ3v) is 4.39. The van der Waals surface area contributed by atoms with Crippen LogP contribution in [0.1, 0.15) is 36.3 Å². The molecule has 0 amide bonds. The molecule has 3 rings (SSSR count). The van der Waals surface area contributed by atoms with Crippen molar-refractivity contribution >= 4 is 0 Å². The lowest BCUT2D eigenvalue weighted by molar-refractivity contribution is 0.228. The van der Waals surface area contributed by atoms with Gasteiger partial charge in [0.2, 0.25) is 0 Å². The molecule has 2 aliphatic rings. The molecule has 2 nitrogen and oxygen atoms in total. The van der Waals surface area contributed by atoms with Gasteiger partial charge in [-0.1, -0.05) is 24.3 Å². The van der Waals surface area contributed by atoms with E-state index in [1.165, 1.54) is 24.0 Å². The quantitative estimate of drug-likeness (QED) is 0.751. The van der Waals surface area contributed by atoms with Crippen LogP contribution < -0.4 is 5.32 Å². The summed E-state index contributed by atoms with van der Waals surface area (Å²) in [7, 11) is 0. The van der Waals surface area contributed by atoms with E-state index in [1.54, 1.807) is 0 Å². The van der Waals surface area contributed by atoms with Gasteiger partial charge in [0.1, 0.15) is 0 Å². The summed E-state index contributed by atoms with van der Waals surface area (Å²) in [6, 6.07) is 8.72. The Morgan fingerprint density at radius 2 is 2.00 bits per heavy atom. The van der Waals surface area contributed by atoms with E-state index in [9.17, 15) is 5.11 Å². The zero-order valence-corrected chi connectivity index (χ0v) is 9.58. The maximum atomic E-state index is 9.51. The van der Waals surface area contributed by atoms with E-state index in [-0.39, 0.29) is 0 Å². The topological polar surface area (TPSA) is 32.3 Å². The Bertz CT molecular complexity index is 382. The van der Waals surface area contributed by atoms with Gasteiger partial charge in [-0.25, -0.2) is 0 Å². The van der Waals surface area contributed by atoms with Gasteiger partial charge in [0.25, 0.3) is 0 Å². The molecule has 86 valence electrons. The Balaban J connectivity index is 2.04. The Labute approximate surface area is 96.7 Å². The van der Waals surface area contributed by atoms with Gasteiger partial charge in [-0.15, -0.1) is 0 Å². The standard InChI is InChI=1S/C14H19NO/c16-10-11-9-14(5-7-15-8-6-14)13-4-2-1-3-12(11)13/h1-4,11,15-16H,5-10H2. The molecule has 2 heteroatoms. The molecule has 1 spiro atoms. The molecule has 1 fully saturated rings. The molecule has 1 aromatic rings. The lowest BCUT2D eigenvalue weighted by Crippen LogP contribution is -2.38. The number of benzene rings is 1. The average molecular weight is 217 g/mol. The van der Waals surface area contributed by atoms with E-state index < -0.39 is 0 Å². The number of aliphatic hydroxyl groups excluding tert-OH is 1. The van der Waals surface area contributed by atoms with Crippen LogP contribution in [0.5, 0.6) is 0 Å². The molecule has 16 heavy (non-hydrogen) atoms. The number of hydrogen-bond acceptors (Lipinski definition) is 2. The lowest BCUT2D eigenvalue weighted by Gasteiger charge is -2.35. The SMILES string of the molecule is OCC1CC2(CCNCC2)c2ccccc21. The maximum Gasteiger partial charge on any atom is 0.0500 e. The third-order valence-electron chi connectivity index (χ3n) is 4.39. The highest BCUT2D eigenvalue weighted by molar-refractivity contribution is 5.43. The second-order valence-electron chi connectivity index (χ2n) is 5.20. The normalized spacial score (nSPS) is 26.9. The maximum absolute atomic E-state index is 9.51. The van der Waals surface area contributed by atoms with Gasteiger partial charge in [-0.2, -0.15) is 0 Å². The fourth-order valence-corrected chi connectivity index (χ4v) is 3.57. The molecule has 1 aliphatic heterocycles. The van der Waals surface area contributed by atoms with Crippen LogP contribution in [0.2, 0.25) is 0 Å². The summed E-state index contributed by atoms with van der Waals surface area (Å²) in [5, 5.41) is 12.9. The van der Waals surface area contributed by atoms with E-state index >= 15 is 0 Å². The van der Waals surface area contributed by atoms with Gasteiger partial charge in [0.05, 0.1) is 0 Å². The first kappa shape index (κ1) is 10.3. The smallest absolute Gasteiger partial charge is 0.0500 e. The summed E-state index contributed by atoms with van der Waals surface area (Å²) in [5.41, 5.74) is 3.26. The molecule has 1 unspecified atom stereocenters. The number of aliphatic hydroxyl groups is 1. The van der Waals surface area contributed by atoms with Crippen LogP contribution in [0.3, 0.4) is 0 Å². The van der Waals surface area contributed by atoms with Crippen LogP contribution in [-0.2, 0) is 5.41 Å². The van der Waals surface area contributed by atoms with Crippen molar-refractivity contribution in [2.24, 2.45) is 0 Å². The Kier molecular flexibility index (Phi) is 2.49. The Morgan fingerprint density at radius 1 is 1.25 bits per heavy atom. The first-order chi connectivity index (χ1) is 7.86. The van der Waals surface area contributed by atoms with E-state index in [1.807, 2.05) is 0 Å². The Morgan fingerprint density at radius 3 is 2.75 bits per heavy atom. The van der Waals surface area contributed by atoms with Crippen molar-refractivity contribution in [1.29, 1.82) is 0 Å². The molecule has 2 N–H and O–H groups in total. The summed E-state index contributed by atoms with van der Waals surface area (Å²) in [6.45, 7) is 2.53. The second kappa shape index (κ2) is 3.86. The molecule has 0 bridgehead atoms. The van der Waals surface area contributed by atoms with E-state index in [0.717, 1.165) is 19.5 Å². The van der Waals surface area contributed by atoms with E-state index in [2.05, 4.69) is 29.6 Å². The molecule has 1 heterocycles. The molecular formula is C14H19NO. The summed E-state index contributed by atoms with van der Waals surface area (Å²) in [6.07, 6.45) is 3.59. The number of fused-ring (bicyclic) bond motifs is 2. The van der Waals surface area contributed by atoms with E-state index in [0.29, 0.717) is 17.9 Å². The summed E-state index contributed by atoms with van der Waals surface area (Å²) in [4.78, 5) is 0. The van der Waals surface area contributed by atoms with Gasteiger partial charge >= 0.3 is 0 Å². The summed E-state index contributed by atoms with van der Waals surface area (Å²) < 4.78 is 0. The van der Waals surface area contributed by atoms with Gasteiger partial charge in [-0.3, -0.25) is 0 Å². The van der Waals surface area contributed by atoms with Crippen LogP contribution in [0.4, 0.5) is 0 Å². The van der Waals surface area contributed by atoms with Crippen molar-refractivity contribution in [3.8, 4) is 0 Å². The highest BCUT2D eigenvalue weighted by Gasteiger charge is 2.43. The molecule has 1 aliphatic carbocycles. The summed E-state index contributed by atoms with van der Waals surface area (Å²) in [5.74, 6) is 0.370. The number of nitrogens with one attached hydrogen (secondary N) is 1. The number of hydrogen-bond donors (Lipinski definition) is 2. The van der Waals surface area contributed by atoms with Crippen molar-refractivity contribution in [2.75, 3.05) is 19.7 Å². The largest absolute Gasteiger partial charge is 0.396 e. The molecule has 1 aromatic carbocycles. The van der Waals surface area contributed by atoms with Crippen LogP contribution in [0.25, 0.3) is 0 Å². The Hall–Kier alpha value is -0.860. The van der Waals surface area contributed by atoms with Crippen molar-refractivity contribution in [1.82, 2.24) is 5.32 Å². The second-order valence-corrected chi connectivity index (χ2v) is 5.20. The van der Waals surface area contributed by atoms with Crippen molar-refractivity contribution < 1.29 is 5.11 Å². The molecule has 0 aromatic heterocycles. The van der Waals surface area contributed by atoms with Gasteiger partial charge in [-0.05, 0) is 48.9 Å². The highest BCUT2D eigenvalue weighted by Crippen LogP contribution is 2.50. The molecule has 1 saturated heterocycles. The fraction of sp³-hybridized carbons (Fsp3) is 0.571. The minimum Gasteiger partial charge on any atom is -0.396 e. The minimum atomic E-state index is 0.298. The van der Waals surface area contributed by atoms with Gasteiger partial charge in [0, 0.05) is 12.5 Å². The van der Waals surface area contributed by atoms with Gasteiger partial charge in [0.15, 0.2) is 0 Å². The monoisotopic (exact) mass is 217 g/mol. The fourth-order valence-electron chi connectivity index (χ4n) is 3.57. The zero-order chi connectivity index (χ0) is 11.0. The summed E-state index contributed by atoms with van der Waals surface area (Å²) >= 11 is 0. The highest BCUT2D eigenvalue weighted by atomic mass is 16.3. The number of piperidine rings is 1. The van der Waals surface area contributed by atoms with Crippen LogP contribution in [0, 0.1) is 0 Å². The third kappa shape index (κ3) is 1.40. The van der Waals surface area contributed by atoms with Crippen LogP contribution >= 0.6 is 0 Å². The van der Waals surface area contributed by atoms with Crippen molar-refractivity contribution in [3.63, 3.8) is 0 Å². The first-order valence-corrected chi connectivity index (χ1v) is 6.27. The predicted molar refractivity (Wildman–Crippen MR) is 64.7 cm³/mol. The first-order valence-electron chi connectivity index (χ1n) is 6.27.